The number of unbranched alkanes of at least 4 members (excludes halogenated alkanes) is 1. The average Bonchev–Trinajstić information content (AvgIpc) is 2.38. The van der Waals surface area contributed by atoms with Gasteiger partial charge in [0.25, 0.3) is 0 Å². The Morgan fingerprint density at radius 2 is 2.05 bits per heavy atom. The van der Waals surface area contributed by atoms with Gasteiger partial charge in [-0.25, -0.2) is 4.79 Å². The van der Waals surface area contributed by atoms with E-state index in [1.165, 1.54) is 5.56 Å². The zero-order valence-corrected chi connectivity index (χ0v) is 11.2. The molecule has 0 radical (unpaired) electrons. The Morgan fingerprint density at radius 3 is 2.74 bits per heavy atom. The first-order valence-corrected chi connectivity index (χ1v) is 6.54. The van der Waals surface area contributed by atoms with Gasteiger partial charge in [0.15, 0.2) is 0 Å². The van der Waals surface area contributed by atoms with Crippen molar-refractivity contribution >= 4 is 17.6 Å². The molecule has 0 saturated heterocycles. The maximum Gasteiger partial charge on any atom is 0.312 e. The minimum atomic E-state index is -0.527. The predicted molar refractivity (Wildman–Crippen MR) is 75.9 cm³/mol. The maximum absolute atomic E-state index is 11.7. The van der Waals surface area contributed by atoms with E-state index < -0.39 is 6.03 Å². The molecular formula is C14H21N3O2. The van der Waals surface area contributed by atoms with Crippen LogP contribution in [-0.2, 0) is 11.2 Å². The van der Waals surface area contributed by atoms with E-state index in [9.17, 15) is 9.59 Å². The number of carbonyl (C=O) groups excluding carboxylic acids is 2. The maximum atomic E-state index is 11.7. The first kappa shape index (κ1) is 15.0. The summed E-state index contributed by atoms with van der Waals surface area (Å²) in [6, 6.07) is 7.30. The van der Waals surface area contributed by atoms with Crippen molar-refractivity contribution in [2.24, 2.45) is 5.73 Å². The summed E-state index contributed by atoms with van der Waals surface area (Å²) < 4.78 is 0. The van der Waals surface area contributed by atoms with Gasteiger partial charge in [0, 0.05) is 18.7 Å². The highest BCUT2D eigenvalue weighted by Crippen LogP contribution is 2.11. The van der Waals surface area contributed by atoms with Gasteiger partial charge in [-0.3, -0.25) is 4.79 Å². The fourth-order valence-electron chi connectivity index (χ4n) is 1.71. The monoisotopic (exact) mass is 263 g/mol. The number of rotatable bonds is 7. The molecule has 3 amide bonds. The van der Waals surface area contributed by atoms with Crippen molar-refractivity contribution in [1.82, 2.24) is 5.32 Å². The molecule has 4 N–H and O–H groups in total. The summed E-state index contributed by atoms with van der Waals surface area (Å²) in [5.41, 5.74) is 6.97. The number of benzene rings is 1. The molecule has 19 heavy (non-hydrogen) atoms. The zero-order valence-electron chi connectivity index (χ0n) is 11.2. The molecule has 104 valence electrons. The van der Waals surface area contributed by atoms with Crippen molar-refractivity contribution in [2.45, 2.75) is 32.6 Å². The lowest BCUT2D eigenvalue weighted by Gasteiger charge is -2.06. The fraction of sp³-hybridized carbons (Fsp3) is 0.429. The third-order valence-electron chi connectivity index (χ3n) is 2.75. The molecule has 5 heteroatoms. The zero-order chi connectivity index (χ0) is 14.1. The quantitative estimate of drug-likeness (QED) is 0.657. The van der Waals surface area contributed by atoms with Gasteiger partial charge in [-0.1, -0.05) is 19.1 Å². The van der Waals surface area contributed by atoms with E-state index in [0.29, 0.717) is 13.0 Å². The molecule has 0 saturated carbocycles. The van der Waals surface area contributed by atoms with Crippen LogP contribution in [0.1, 0.15) is 31.7 Å². The van der Waals surface area contributed by atoms with Crippen LogP contribution in [0.5, 0.6) is 0 Å². The number of urea groups is 1. The van der Waals surface area contributed by atoms with E-state index in [1.54, 1.807) is 0 Å². The van der Waals surface area contributed by atoms with Gasteiger partial charge in [0.2, 0.25) is 5.91 Å². The Morgan fingerprint density at radius 1 is 1.26 bits per heavy atom. The molecule has 1 aromatic rings. The van der Waals surface area contributed by atoms with Crippen molar-refractivity contribution in [3.8, 4) is 0 Å². The lowest BCUT2D eigenvalue weighted by molar-refractivity contribution is -0.116. The molecule has 0 fully saturated rings. The molecule has 5 nitrogen and oxygen atoms in total. The second-order valence-electron chi connectivity index (χ2n) is 4.35. The van der Waals surface area contributed by atoms with Gasteiger partial charge >= 0.3 is 6.03 Å². The molecule has 0 aliphatic carbocycles. The minimum absolute atomic E-state index is 0.00710. The fourth-order valence-corrected chi connectivity index (χ4v) is 1.71. The Labute approximate surface area is 113 Å². The lowest BCUT2D eigenvalue weighted by Crippen LogP contribution is -2.30. The third-order valence-corrected chi connectivity index (χ3v) is 2.75. The summed E-state index contributed by atoms with van der Waals surface area (Å²) in [6.45, 7) is 2.58. The summed E-state index contributed by atoms with van der Waals surface area (Å²) in [5, 5.41) is 5.36. The molecule has 0 aliphatic rings. The summed E-state index contributed by atoms with van der Waals surface area (Å²) in [4.78, 5) is 22.1. The number of anilines is 1. The molecule has 0 heterocycles. The number of carbonyl (C=O) groups is 2. The first-order chi connectivity index (χ1) is 9.11. The number of nitrogens with one attached hydrogen (secondary N) is 2. The van der Waals surface area contributed by atoms with Gasteiger partial charge in [-0.15, -0.1) is 0 Å². The standard InChI is InChI=1S/C14H21N3O2/c1-2-11-6-5-7-12(10-11)17-13(18)8-3-4-9-16-14(15)19/h5-7,10H,2-4,8-9H2,1H3,(H,17,18)(H3,15,16,19). The number of primary amides is 1. The Balaban J connectivity index is 2.25. The van der Waals surface area contributed by atoms with Crippen LogP contribution < -0.4 is 16.4 Å². The van der Waals surface area contributed by atoms with Crippen LogP contribution >= 0.6 is 0 Å². The van der Waals surface area contributed by atoms with Crippen LogP contribution in [0.2, 0.25) is 0 Å². The molecule has 1 aromatic carbocycles. The number of amides is 3. The van der Waals surface area contributed by atoms with Crippen molar-refractivity contribution in [1.29, 1.82) is 0 Å². The second kappa shape index (κ2) is 8.13. The van der Waals surface area contributed by atoms with Crippen LogP contribution in [0, 0.1) is 0 Å². The lowest BCUT2D eigenvalue weighted by atomic mass is 10.1. The van der Waals surface area contributed by atoms with Crippen molar-refractivity contribution in [3.05, 3.63) is 29.8 Å². The van der Waals surface area contributed by atoms with E-state index in [1.807, 2.05) is 24.3 Å². The van der Waals surface area contributed by atoms with Gasteiger partial charge in [0.05, 0.1) is 0 Å². The Kier molecular flexibility index (Phi) is 6.43. The molecular weight excluding hydrogens is 242 g/mol. The summed E-state index contributed by atoms with van der Waals surface area (Å²) in [6.07, 6.45) is 2.85. The Hall–Kier alpha value is -2.04. The molecule has 0 aliphatic heterocycles. The van der Waals surface area contributed by atoms with Gasteiger partial charge in [-0.05, 0) is 37.0 Å². The number of aryl methyl sites for hydroxylation is 1. The minimum Gasteiger partial charge on any atom is -0.352 e. The second-order valence-corrected chi connectivity index (χ2v) is 4.35. The van der Waals surface area contributed by atoms with Gasteiger partial charge in [0.1, 0.15) is 0 Å². The van der Waals surface area contributed by atoms with E-state index >= 15 is 0 Å². The highest BCUT2D eigenvalue weighted by Gasteiger charge is 2.02. The summed E-state index contributed by atoms with van der Waals surface area (Å²) >= 11 is 0. The summed E-state index contributed by atoms with van der Waals surface area (Å²) in [7, 11) is 0. The predicted octanol–water partition coefficient (Wildman–Crippen LogP) is 2.03. The molecule has 0 bridgehead atoms. The SMILES string of the molecule is CCc1cccc(NC(=O)CCCCNC(N)=O)c1. The molecule has 0 atom stereocenters. The molecule has 0 aromatic heterocycles. The van der Waals surface area contributed by atoms with Crippen LogP contribution in [0.3, 0.4) is 0 Å². The van der Waals surface area contributed by atoms with Crippen LogP contribution in [-0.4, -0.2) is 18.5 Å². The van der Waals surface area contributed by atoms with Gasteiger partial charge in [-0.2, -0.15) is 0 Å². The third kappa shape index (κ3) is 6.45. The molecule has 0 spiro atoms. The first-order valence-electron chi connectivity index (χ1n) is 6.54. The highest BCUT2D eigenvalue weighted by molar-refractivity contribution is 5.90. The topological polar surface area (TPSA) is 84.2 Å². The van der Waals surface area contributed by atoms with Crippen molar-refractivity contribution in [2.75, 3.05) is 11.9 Å². The number of hydrogen-bond acceptors (Lipinski definition) is 2. The Bertz CT molecular complexity index is 432. The largest absolute Gasteiger partial charge is 0.352 e. The number of hydrogen-bond donors (Lipinski definition) is 3. The van der Waals surface area contributed by atoms with E-state index in [-0.39, 0.29) is 5.91 Å². The molecule has 0 unspecified atom stereocenters. The van der Waals surface area contributed by atoms with Gasteiger partial charge < -0.3 is 16.4 Å². The van der Waals surface area contributed by atoms with E-state index in [0.717, 1.165) is 24.9 Å². The smallest absolute Gasteiger partial charge is 0.312 e. The van der Waals surface area contributed by atoms with Crippen molar-refractivity contribution in [3.63, 3.8) is 0 Å². The number of nitrogens with two attached hydrogens (primary N) is 1. The normalized spacial score (nSPS) is 9.95. The van der Waals surface area contributed by atoms with Crippen LogP contribution in [0.4, 0.5) is 10.5 Å². The van der Waals surface area contributed by atoms with Crippen LogP contribution in [0.15, 0.2) is 24.3 Å². The van der Waals surface area contributed by atoms with Crippen LogP contribution in [0.25, 0.3) is 0 Å². The summed E-state index contributed by atoms with van der Waals surface area (Å²) in [5.74, 6) is -0.00710. The molecule has 1 rings (SSSR count). The van der Waals surface area contributed by atoms with Crippen molar-refractivity contribution < 1.29 is 9.59 Å². The average molecular weight is 263 g/mol. The highest BCUT2D eigenvalue weighted by atomic mass is 16.2. The van der Waals surface area contributed by atoms with E-state index in [4.69, 9.17) is 5.73 Å². The van der Waals surface area contributed by atoms with E-state index in [2.05, 4.69) is 17.6 Å².